The lowest BCUT2D eigenvalue weighted by Gasteiger charge is -2.06. The average Bonchev–Trinajstić information content (AvgIpc) is 2.18. The zero-order chi connectivity index (χ0) is 11.5. The predicted molar refractivity (Wildman–Crippen MR) is 57.6 cm³/mol. The molecule has 84 valence electrons. The Hall–Kier alpha value is -0.360. The van der Waals surface area contributed by atoms with Crippen molar-refractivity contribution in [1.82, 2.24) is 4.72 Å². The first-order valence-corrected chi connectivity index (χ1v) is 6.22. The molecule has 0 aliphatic rings. The minimum absolute atomic E-state index is 0.0470. The van der Waals surface area contributed by atoms with Crippen LogP contribution in [0.5, 0.6) is 0 Å². The van der Waals surface area contributed by atoms with E-state index in [0.29, 0.717) is 0 Å². The molecule has 0 unspecified atom stereocenters. The molecule has 1 aromatic rings. The molecule has 1 N–H and O–H groups in total. The van der Waals surface area contributed by atoms with Crippen LogP contribution in [-0.4, -0.2) is 21.6 Å². The topological polar surface area (TPSA) is 46.2 Å². The number of halogens is 3. The van der Waals surface area contributed by atoms with Crippen molar-refractivity contribution in [2.45, 2.75) is 4.90 Å². The Kier molecular flexibility index (Phi) is 4.33. The van der Waals surface area contributed by atoms with Crippen LogP contribution in [-0.2, 0) is 10.0 Å². The number of rotatable bonds is 4. The molecule has 0 bridgehead atoms. The highest BCUT2D eigenvalue weighted by Crippen LogP contribution is 2.24. The van der Waals surface area contributed by atoms with E-state index in [4.69, 9.17) is 23.2 Å². The van der Waals surface area contributed by atoms with Gasteiger partial charge in [0.2, 0.25) is 10.0 Å². The van der Waals surface area contributed by atoms with Gasteiger partial charge in [0.05, 0.1) is 5.02 Å². The lowest BCUT2D eigenvalue weighted by molar-refractivity contribution is 0.486. The predicted octanol–water partition coefficient (Wildman–Crippen LogP) is 2.24. The van der Waals surface area contributed by atoms with Crippen LogP contribution >= 0.6 is 23.2 Å². The third kappa shape index (κ3) is 3.31. The number of benzene rings is 1. The van der Waals surface area contributed by atoms with Gasteiger partial charge in [-0.1, -0.05) is 23.2 Å². The number of nitrogens with one attached hydrogen (secondary N) is 1. The molecule has 0 spiro atoms. The van der Waals surface area contributed by atoms with E-state index >= 15 is 0 Å². The third-order valence-electron chi connectivity index (χ3n) is 1.57. The minimum atomic E-state index is -3.78. The molecule has 0 aliphatic carbocycles. The van der Waals surface area contributed by atoms with Crippen molar-refractivity contribution in [2.75, 3.05) is 13.2 Å². The fourth-order valence-corrected chi connectivity index (χ4v) is 2.70. The van der Waals surface area contributed by atoms with E-state index < -0.39 is 16.7 Å². The van der Waals surface area contributed by atoms with Crippen LogP contribution in [0, 0.1) is 0 Å². The van der Waals surface area contributed by atoms with Gasteiger partial charge in [-0.2, -0.15) is 0 Å². The number of hydrogen-bond donors (Lipinski definition) is 1. The van der Waals surface area contributed by atoms with Gasteiger partial charge in [-0.05, 0) is 18.2 Å². The Labute approximate surface area is 97.2 Å². The summed E-state index contributed by atoms with van der Waals surface area (Å²) in [5.41, 5.74) is 0. The van der Waals surface area contributed by atoms with E-state index in [-0.39, 0.29) is 21.5 Å². The largest absolute Gasteiger partial charge is 0.250 e. The smallest absolute Gasteiger partial charge is 0.242 e. The maximum Gasteiger partial charge on any atom is 0.242 e. The summed E-state index contributed by atoms with van der Waals surface area (Å²) in [6.45, 7) is -1.07. The molecule has 0 aromatic heterocycles. The molecule has 1 aromatic carbocycles. The van der Waals surface area contributed by atoms with Crippen LogP contribution < -0.4 is 4.72 Å². The van der Waals surface area contributed by atoms with Gasteiger partial charge in [0.25, 0.3) is 0 Å². The average molecular weight is 272 g/mol. The van der Waals surface area contributed by atoms with Crippen LogP contribution in [0.4, 0.5) is 4.39 Å². The molecule has 0 radical (unpaired) electrons. The summed E-state index contributed by atoms with van der Waals surface area (Å²) in [6.07, 6.45) is 0. The van der Waals surface area contributed by atoms with Gasteiger partial charge in [-0.3, -0.25) is 0 Å². The van der Waals surface area contributed by atoms with Crippen LogP contribution in [0.15, 0.2) is 23.1 Å². The van der Waals surface area contributed by atoms with Crippen LogP contribution in [0.1, 0.15) is 0 Å². The van der Waals surface area contributed by atoms with Gasteiger partial charge in [-0.25, -0.2) is 17.5 Å². The van der Waals surface area contributed by atoms with Gasteiger partial charge in [0.15, 0.2) is 0 Å². The number of alkyl halides is 1. The second kappa shape index (κ2) is 5.12. The molecule has 0 heterocycles. The molecule has 0 fully saturated rings. The summed E-state index contributed by atoms with van der Waals surface area (Å²) in [6, 6.07) is 4.05. The Morgan fingerprint density at radius 2 is 2.00 bits per heavy atom. The molecular weight excluding hydrogens is 264 g/mol. The fourth-order valence-electron chi connectivity index (χ4n) is 0.934. The Morgan fingerprint density at radius 1 is 1.33 bits per heavy atom. The molecule has 0 saturated heterocycles. The second-order valence-electron chi connectivity index (χ2n) is 2.66. The van der Waals surface area contributed by atoms with Crippen molar-refractivity contribution < 1.29 is 12.8 Å². The molecule has 3 nitrogen and oxygen atoms in total. The summed E-state index contributed by atoms with van der Waals surface area (Å²) in [5, 5.41) is 0.297. The first-order valence-electron chi connectivity index (χ1n) is 3.98. The van der Waals surface area contributed by atoms with Crippen LogP contribution in [0.25, 0.3) is 0 Å². The highest BCUT2D eigenvalue weighted by Gasteiger charge is 2.17. The molecule has 1 rings (SSSR count). The molecule has 0 atom stereocenters. The van der Waals surface area contributed by atoms with Gasteiger partial charge in [0, 0.05) is 11.6 Å². The summed E-state index contributed by atoms with van der Waals surface area (Å²) < 4.78 is 37.0. The van der Waals surface area contributed by atoms with Crippen molar-refractivity contribution in [3.63, 3.8) is 0 Å². The summed E-state index contributed by atoms with van der Waals surface area (Å²) in [5.74, 6) is 0. The van der Waals surface area contributed by atoms with Crippen molar-refractivity contribution in [1.29, 1.82) is 0 Å². The van der Waals surface area contributed by atoms with Crippen molar-refractivity contribution in [3.8, 4) is 0 Å². The molecule has 0 amide bonds. The van der Waals surface area contributed by atoms with Crippen LogP contribution in [0.2, 0.25) is 10.0 Å². The summed E-state index contributed by atoms with van der Waals surface area (Å²) in [7, 11) is -3.78. The van der Waals surface area contributed by atoms with E-state index in [0.717, 1.165) is 0 Å². The Balaban J connectivity index is 3.09. The van der Waals surface area contributed by atoms with E-state index in [1.165, 1.54) is 18.2 Å². The van der Waals surface area contributed by atoms with Gasteiger partial charge >= 0.3 is 0 Å². The number of sulfonamides is 1. The van der Waals surface area contributed by atoms with Crippen LogP contribution in [0.3, 0.4) is 0 Å². The minimum Gasteiger partial charge on any atom is -0.250 e. The van der Waals surface area contributed by atoms with Gasteiger partial charge < -0.3 is 0 Å². The third-order valence-corrected chi connectivity index (χ3v) is 3.75. The highest BCUT2D eigenvalue weighted by atomic mass is 35.5. The first kappa shape index (κ1) is 12.7. The van der Waals surface area contributed by atoms with E-state index in [2.05, 4.69) is 0 Å². The molecular formula is C8H8Cl2FNO2S. The SMILES string of the molecule is O=S(=O)(NCCF)c1cc(Cl)ccc1Cl. The fraction of sp³-hybridized carbons (Fsp3) is 0.250. The second-order valence-corrected chi connectivity index (χ2v) is 5.24. The monoisotopic (exact) mass is 271 g/mol. The van der Waals surface area contributed by atoms with Gasteiger partial charge in [0.1, 0.15) is 11.6 Å². The molecule has 7 heteroatoms. The summed E-state index contributed by atoms with van der Waals surface area (Å²) >= 11 is 11.3. The first-order chi connectivity index (χ1) is 6.97. The Bertz CT molecular complexity index is 450. The number of hydrogen-bond acceptors (Lipinski definition) is 2. The maximum absolute atomic E-state index is 11.8. The lowest BCUT2D eigenvalue weighted by Crippen LogP contribution is -2.26. The van der Waals surface area contributed by atoms with Crippen molar-refractivity contribution in [3.05, 3.63) is 28.2 Å². The Morgan fingerprint density at radius 3 is 2.60 bits per heavy atom. The normalized spacial score (nSPS) is 11.7. The summed E-state index contributed by atoms with van der Waals surface area (Å²) in [4.78, 5) is -0.148. The van der Waals surface area contributed by atoms with Gasteiger partial charge in [-0.15, -0.1) is 0 Å². The zero-order valence-electron chi connectivity index (χ0n) is 7.50. The zero-order valence-corrected chi connectivity index (χ0v) is 9.83. The van der Waals surface area contributed by atoms with E-state index in [9.17, 15) is 12.8 Å². The van der Waals surface area contributed by atoms with Crippen molar-refractivity contribution in [2.24, 2.45) is 0 Å². The van der Waals surface area contributed by atoms with E-state index in [1.54, 1.807) is 0 Å². The van der Waals surface area contributed by atoms with E-state index in [1.807, 2.05) is 4.72 Å². The quantitative estimate of drug-likeness (QED) is 0.913. The highest BCUT2D eigenvalue weighted by molar-refractivity contribution is 7.89. The molecule has 0 aliphatic heterocycles. The standard InChI is InChI=1S/C8H8Cl2FNO2S/c9-6-1-2-7(10)8(5-6)15(13,14)12-4-3-11/h1-2,5,12H,3-4H2. The molecule has 15 heavy (non-hydrogen) atoms. The molecule has 0 saturated carbocycles. The maximum atomic E-state index is 11.8. The van der Waals surface area contributed by atoms with Crippen molar-refractivity contribution >= 4 is 33.2 Å². The lowest BCUT2D eigenvalue weighted by atomic mass is 10.4.